The molecule has 0 aliphatic carbocycles. The standard InChI is InChI=1S/C18H35N3O3.HI/c1-6-19-18(20-10-15(7-8-22)9-13(2)3)21-11-14(4)16(12-21)17(23)24-5;/h13-16,22H,6-12H2,1-5H3,(H,19,20);1H. The van der Waals surface area contributed by atoms with Crippen LogP contribution in [0.2, 0.25) is 0 Å². The van der Waals surface area contributed by atoms with Gasteiger partial charge in [0.1, 0.15) is 0 Å². The number of carbonyl (C=O) groups excluding carboxylic acids is 1. The van der Waals surface area contributed by atoms with Gasteiger partial charge in [0.25, 0.3) is 0 Å². The first kappa shape index (κ1) is 24.4. The molecular weight excluding hydrogens is 433 g/mol. The Morgan fingerprint density at radius 2 is 2.08 bits per heavy atom. The average Bonchev–Trinajstić information content (AvgIpc) is 2.91. The fourth-order valence-corrected chi connectivity index (χ4v) is 3.37. The summed E-state index contributed by atoms with van der Waals surface area (Å²) in [6, 6.07) is 0. The summed E-state index contributed by atoms with van der Waals surface area (Å²) in [5, 5.41) is 12.6. The molecule has 3 unspecified atom stereocenters. The van der Waals surface area contributed by atoms with Crippen molar-refractivity contribution in [2.24, 2.45) is 28.7 Å². The molecule has 25 heavy (non-hydrogen) atoms. The summed E-state index contributed by atoms with van der Waals surface area (Å²) in [5.74, 6) is 1.86. The van der Waals surface area contributed by atoms with E-state index in [1.165, 1.54) is 7.11 Å². The van der Waals surface area contributed by atoms with Gasteiger partial charge in [-0.05, 0) is 37.5 Å². The number of likely N-dealkylation sites (tertiary alicyclic amines) is 1. The molecule has 1 aliphatic heterocycles. The van der Waals surface area contributed by atoms with E-state index in [0.717, 1.165) is 31.9 Å². The van der Waals surface area contributed by atoms with E-state index < -0.39 is 0 Å². The van der Waals surface area contributed by atoms with E-state index in [9.17, 15) is 9.90 Å². The summed E-state index contributed by atoms with van der Waals surface area (Å²) in [5.41, 5.74) is 0. The van der Waals surface area contributed by atoms with Crippen LogP contribution in [0, 0.1) is 23.7 Å². The van der Waals surface area contributed by atoms with Crippen LogP contribution in [0.25, 0.3) is 0 Å². The number of ether oxygens (including phenoxy) is 1. The Hall–Kier alpha value is -0.570. The lowest BCUT2D eigenvalue weighted by molar-refractivity contribution is -0.145. The van der Waals surface area contributed by atoms with E-state index in [1.54, 1.807) is 0 Å². The zero-order valence-corrected chi connectivity index (χ0v) is 18.7. The maximum Gasteiger partial charge on any atom is 0.310 e. The number of esters is 1. The van der Waals surface area contributed by atoms with Crippen molar-refractivity contribution >= 4 is 35.9 Å². The molecule has 2 N–H and O–H groups in total. The van der Waals surface area contributed by atoms with Crippen LogP contribution in [0.3, 0.4) is 0 Å². The molecule has 1 aliphatic rings. The molecule has 0 saturated carbocycles. The van der Waals surface area contributed by atoms with Gasteiger partial charge in [-0.15, -0.1) is 24.0 Å². The number of aliphatic hydroxyl groups excluding tert-OH is 1. The molecule has 1 heterocycles. The van der Waals surface area contributed by atoms with Crippen LogP contribution < -0.4 is 5.32 Å². The van der Waals surface area contributed by atoms with E-state index in [4.69, 9.17) is 9.73 Å². The molecule has 6 nitrogen and oxygen atoms in total. The van der Waals surface area contributed by atoms with Crippen LogP contribution >= 0.6 is 24.0 Å². The SMILES string of the molecule is CCNC(=NCC(CCO)CC(C)C)N1CC(C)C(C(=O)OC)C1.I. The second kappa shape index (κ2) is 12.7. The van der Waals surface area contributed by atoms with Crippen LogP contribution in [0.5, 0.6) is 0 Å². The zero-order chi connectivity index (χ0) is 18.1. The minimum Gasteiger partial charge on any atom is -0.469 e. The number of rotatable bonds is 8. The molecule has 1 fully saturated rings. The van der Waals surface area contributed by atoms with Crippen molar-refractivity contribution in [1.29, 1.82) is 0 Å². The van der Waals surface area contributed by atoms with Gasteiger partial charge in [0, 0.05) is 32.8 Å². The van der Waals surface area contributed by atoms with E-state index >= 15 is 0 Å². The summed E-state index contributed by atoms with van der Waals surface area (Å²) in [6.07, 6.45) is 1.84. The number of nitrogens with one attached hydrogen (secondary N) is 1. The summed E-state index contributed by atoms with van der Waals surface area (Å²) >= 11 is 0. The smallest absolute Gasteiger partial charge is 0.310 e. The Kier molecular flexibility index (Phi) is 12.4. The van der Waals surface area contributed by atoms with Crippen LogP contribution in [-0.4, -0.2) is 61.8 Å². The quantitative estimate of drug-likeness (QED) is 0.247. The fraction of sp³-hybridized carbons (Fsp3) is 0.889. The topological polar surface area (TPSA) is 74.2 Å². The van der Waals surface area contributed by atoms with E-state index in [2.05, 4.69) is 31.0 Å². The summed E-state index contributed by atoms with van der Waals surface area (Å²) in [7, 11) is 1.45. The number of methoxy groups -OCH3 is 1. The van der Waals surface area contributed by atoms with Crippen molar-refractivity contribution < 1.29 is 14.6 Å². The molecule has 0 amide bonds. The third kappa shape index (κ3) is 8.11. The molecule has 0 aromatic carbocycles. The van der Waals surface area contributed by atoms with Crippen LogP contribution in [0.4, 0.5) is 0 Å². The predicted octanol–water partition coefficient (Wildman–Crippen LogP) is 2.36. The summed E-state index contributed by atoms with van der Waals surface area (Å²) < 4.78 is 4.91. The Balaban J connectivity index is 0.00000576. The first-order valence-corrected chi connectivity index (χ1v) is 9.14. The molecule has 0 aromatic heterocycles. The van der Waals surface area contributed by atoms with Gasteiger partial charge in [0.15, 0.2) is 5.96 Å². The van der Waals surface area contributed by atoms with Crippen molar-refractivity contribution in [3.63, 3.8) is 0 Å². The fourth-order valence-electron chi connectivity index (χ4n) is 3.37. The molecule has 1 rings (SSSR count). The Bertz CT molecular complexity index is 418. The van der Waals surface area contributed by atoms with Gasteiger partial charge >= 0.3 is 5.97 Å². The van der Waals surface area contributed by atoms with Gasteiger partial charge in [0.05, 0.1) is 13.0 Å². The Morgan fingerprint density at radius 1 is 1.40 bits per heavy atom. The van der Waals surface area contributed by atoms with Crippen LogP contribution in [-0.2, 0) is 9.53 Å². The lowest BCUT2D eigenvalue weighted by Gasteiger charge is -2.23. The average molecular weight is 469 g/mol. The number of carbonyl (C=O) groups is 1. The highest BCUT2D eigenvalue weighted by Crippen LogP contribution is 2.24. The highest BCUT2D eigenvalue weighted by Gasteiger charge is 2.36. The maximum absolute atomic E-state index is 11.9. The normalized spacial score (nSPS) is 21.9. The minimum atomic E-state index is -0.140. The van der Waals surface area contributed by atoms with Crippen molar-refractivity contribution in [2.75, 3.05) is 39.9 Å². The van der Waals surface area contributed by atoms with Gasteiger partial charge in [-0.2, -0.15) is 0 Å². The minimum absolute atomic E-state index is 0. The van der Waals surface area contributed by atoms with Crippen molar-refractivity contribution in [3.8, 4) is 0 Å². The maximum atomic E-state index is 11.9. The molecule has 148 valence electrons. The highest BCUT2D eigenvalue weighted by molar-refractivity contribution is 14.0. The van der Waals surface area contributed by atoms with E-state index in [0.29, 0.717) is 24.9 Å². The first-order valence-electron chi connectivity index (χ1n) is 9.14. The second-order valence-corrected chi connectivity index (χ2v) is 7.21. The lowest BCUT2D eigenvalue weighted by Crippen LogP contribution is -2.41. The zero-order valence-electron chi connectivity index (χ0n) is 16.3. The number of aliphatic hydroxyl groups is 1. The predicted molar refractivity (Wildman–Crippen MR) is 112 cm³/mol. The Labute approximate surface area is 169 Å². The van der Waals surface area contributed by atoms with Gasteiger partial charge in [-0.25, -0.2) is 0 Å². The molecule has 0 bridgehead atoms. The second-order valence-electron chi connectivity index (χ2n) is 7.21. The first-order chi connectivity index (χ1) is 11.4. The number of nitrogens with zero attached hydrogens (tertiary/aromatic N) is 2. The molecule has 1 saturated heterocycles. The number of guanidine groups is 1. The van der Waals surface area contributed by atoms with E-state index in [-0.39, 0.29) is 48.4 Å². The number of halogens is 1. The molecule has 0 spiro atoms. The largest absolute Gasteiger partial charge is 0.469 e. The summed E-state index contributed by atoms with van der Waals surface area (Å²) in [6.45, 7) is 11.7. The van der Waals surface area contributed by atoms with Crippen molar-refractivity contribution in [1.82, 2.24) is 10.2 Å². The number of hydrogen-bond donors (Lipinski definition) is 2. The molecular formula is C18H36IN3O3. The van der Waals surface area contributed by atoms with E-state index in [1.807, 2.05) is 6.92 Å². The number of aliphatic imine (C=N–C) groups is 1. The van der Waals surface area contributed by atoms with Crippen LogP contribution in [0.1, 0.15) is 40.5 Å². The van der Waals surface area contributed by atoms with Gasteiger partial charge in [-0.1, -0.05) is 20.8 Å². The van der Waals surface area contributed by atoms with Crippen molar-refractivity contribution in [3.05, 3.63) is 0 Å². The van der Waals surface area contributed by atoms with Gasteiger partial charge in [0.2, 0.25) is 0 Å². The third-order valence-corrected chi connectivity index (χ3v) is 4.59. The Morgan fingerprint density at radius 3 is 2.60 bits per heavy atom. The van der Waals surface area contributed by atoms with Crippen LogP contribution in [0.15, 0.2) is 4.99 Å². The molecule has 0 radical (unpaired) electrons. The molecule has 3 atom stereocenters. The lowest BCUT2D eigenvalue weighted by atomic mass is 9.94. The molecule has 7 heteroatoms. The highest BCUT2D eigenvalue weighted by atomic mass is 127. The van der Waals surface area contributed by atoms with Gasteiger partial charge in [-0.3, -0.25) is 9.79 Å². The van der Waals surface area contributed by atoms with Gasteiger partial charge < -0.3 is 20.1 Å². The number of hydrogen-bond acceptors (Lipinski definition) is 4. The van der Waals surface area contributed by atoms with Crippen molar-refractivity contribution in [2.45, 2.75) is 40.5 Å². The third-order valence-electron chi connectivity index (χ3n) is 4.59. The molecule has 0 aromatic rings. The summed E-state index contributed by atoms with van der Waals surface area (Å²) in [4.78, 5) is 18.8. The monoisotopic (exact) mass is 469 g/mol.